The summed E-state index contributed by atoms with van der Waals surface area (Å²) in [5.74, 6) is 0. The number of nitrogens with zero attached hydrogens (tertiary/aromatic N) is 1. The van der Waals surface area contributed by atoms with Crippen molar-refractivity contribution in [3.8, 4) is 28.3 Å². The lowest BCUT2D eigenvalue weighted by Crippen LogP contribution is -2.00. The molecule has 0 amide bonds. The zero-order chi connectivity index (χ0) is 27.2. The molecule has 0 spiro atoms. The third-order valence-corrected chi connectivity index (χ3v) is 6.98. The molecule has 5 aromatic carbocycles. The van der Waals surface area contributed by atoms with E-state index in [1.54, 1.807) is 6.08 Å². The molecule has 0 radical (unpaired) electrons. The van der Waals surface area contributed by atoms with Gasteiger partial charge in [0.2, 0.25) is 0 Å². The van der Waals surface area contributed by atoms with Gasteiger partial charge in [-0.25, -0.2) is 0 Å². The van der Waals surface area contributed by atoms with Gasteiger partial charge < -0.3 is 5.73 Å². The summed E-state index contributed by atoms with van der Waals surface area (Å²) >= 11 is 0. The van der Waals surface area contributed by atoms with E-state index in [0.29, 0.717) is 11.3 Å². The van der Waals surface area contributed by atoms with E-state index >= 15 is 0 Å². The largest absolute Gasteiger partial charge is 0.397 e. The highest BCUT2D eigenvalue weighted by Gasteiger charge is 2.17. The highest BCUT2D eigenvalue weighted by molar-refractivity contribution is 6.21. The van der Waals surface area contributed by atoms with Crippen molar-refractivity contribution in [3.05, 3.63) is 151 Å². The van der Waals surface area contributed by atoms with Gasteiger partial charge in [0.15, 0.2) is 0 Å². The molecule has 0 aliphatic carbocycles. The Bertz CT molecular complexity index is 1770. The van der Waals surface area contributed by atoms with Gasteiger partial charge in [0, 0.05) is 0 Å². The molecule has 5 aromatic rings. The molecule has 5 rings (SSSR count). The third-order valence-electron chi connectivity index (χ3n) is 6.98. The summed E-state index contributed by atoms with van der Waals surface area (Å²) in [7, 11) is 0. The highest BCUT2D eigenvalue weighted by atomic mass is 14.6. The number of rotatable bonds is 7. The van der Waals surface area contributed by atoms with Gasteiger partial charge in [-0.15, -0.1) is 0 Å². The Balaban J connectivity index is 1.79. The van der Waals surface area contributed by atoms with E-state index in [9.17, 15) is 5.26 Å². The quantitative estimate of drug-likeness (QED) is 0.137. The normalized spacial score (nSPS) is 12.2. The van der Waals surface area contributed by atoms with E-state index < -0.39 is 0 Å². The molecule has 0 heterocycles. The van der Waals surface area contributed by atoms with Crippen molar-refractivity contribution in [2.24, 2.45) is 5.73 Å². The van der Waals surface area contributed by atoms with Crippen molar-refractivity contribution in [1.82, 2.24) is 0 Å². The molecule has 0 unspecified atom stereocenters. The van der Waals surface area contributed by atoms with Gasteiger partial charge in [-0.05, 0) is 80.4 Å². The molecule has 188 valence electrons. The molecule has 0 aliphatic rings. The predicted octanol–water partition coefficient (Wildman–Crippen LogP) is 9.38. The topological polar surface area (TPSA) is 49.8 Å². The standard InChI is InChI=1S/C37H30N2/c1-3-5-6-14-26-15-11-16-27(23-26)35-31-19-7-9-21-33(31)36(34-22-10-8-20-32(34)35)28-17-12-18-29(24-28)37(39)30(25-38)13-4-2/h3-13,15-24H,1,14,39H2,2H3/b6-5-,13-4-,37-30+. The molecule has 0 atom stereocenters. The Kier molecular flexibility index (Phi) is 7.53. The summed E-state index contributed by atoms with van der Waals surface area (Å²) in [6, 6.07) is 36.4. The van der Waals surface area contributed by atoms with Crippen LogP contribution in [0.5, 0.6) is 0 Å². The number of nitrogens with two attached hydrogens (primary N) is 1. The van der Waals surface area contributed by atoms with Gasteiger partial charge >= 0.3 is 0 Å². The first-order valence-electron chi connectivity index (χ1n) is 13.1. The molecule has 2 heteroatoms. The van der Waals surface area contributed by atoms with Gasteiger partial charge in [-0.2, -0.15) is 5.26 Å². The van der Waals surface area contributed by atoms with E-state index in [2.05, 4.69) is 104 Å². The lowest BCUT2D eigenvalue weighted by molar-refractivity contribution is 1.27. The first-order chi connectivity index (χ1) is 19.2. The molecule has 0 saturated carbocycles. The molecule has 2 nitrogen and oxygen atoms in total. The van der Waals surface area contributed by atoms with Crippen LogP contribution in [0.2, 0.25) is 0 Å². The van der Waals surface area contributed by atoms with Crippen LogP contribution in [0.25, 0.3) is 49.5 Å². The SMILES string of the molecule is C=C/C=C\Cc1cccc(-c2c3ccccc3c(-c3cccc(/C(N)=C(C#N)/C=C\C)c3)c3ccccc23)c1. The van der Waals surface area contributed by atoms with Gasteiger partial charge in [0.1, 0.15) is 6.07 Å². The molecule has 0 saturated heterocycles. The summed E-state index contributed by atoms with van der Waals surface area (Å²) in [5, 5.41) is 14.4. The number of nitriles is 1. The van der Waals surface area contributed by atoms with E-state index in [1.165, 1.54) is 38.2 Å². The second-order valence-corrected chi connectivity index (χ2v) is 9.43. The summed E-state index contributed by atoms with van der Waals surface area (Å²) in [6.07, 6.45) is 10.4. The Labute approximate surface area is 230 Å². The molecular weight excluding hydrogens is 472 g/mol. The maximum absolute atomic E-state index is 9.63. The average Bonchev–Trinajstić information content (AvgIpc) is 2.98. The van der Waals surface area contributed by atoms with Crippen LogP contribution in [0.4, 0.5) is 0 Å². The number of fused-ring (bicyclic) bond motifs is 2. The van der Waals surface area contributed by atoms with Crippen LogP contribution in [-0.4, -0.2) is 0 Å². The Morgan fingerprint density at radius 2 is 1.36 bits per heavy atom. The van der Waals surface area contributed by atoms with E-state index in [4.69, 9.17) is 5.73 Å². The second kappa shape index (κ2) is 11.5. The summed E-state index contributed by atoms with van der Waals surface area (Å²) in [4.78, 5) is 0. The third kappa shape index (κ3) is 5.04. The monoisotopic (exact) mass is 502 g/mol. The lowest BCUT2D eigenvalue weighted by Gasteiger charge is -2.18. The van der Waals surface area contributed by atoms with Gasteiger partial charge in [0.25, 0.3) is 0 Å². The minimum atomic E-state index is 0.461. The number of hydrogen-bond donors (Lipinski definition) is 1. The average molecular weight is 503 g/mol. The summed E-state index contributed by atoms with van der Waals surface area (Å²) in [5.41, 5.74) is 14.1. The summed E-state index contributed by atoms with van der Waals surface area (Å²) < 4.78 is 0. The Morgan fingerprint density at radius 3 is 1.90 bits per heavy atom. The molecule has 0 aromatic heterocycles. The highest BCUT2D eigenvalue weighted by Crippen LogP contribution is 2.44. The van der Waals surface area contributed by atoms with E-state index in [1.807, 2.05) is 37.3 Å². The van der Waals surface area contributed by atoms with Crippen LogP contribution >= 0.6 is 0 Å². The molecule has 2 N–H and O–H groups in total. The lowest BCUT2D eigenvalue weighted by atomic mass is 9.85. The van der Waals surface area contributed by atoms with Crippen LogP contribution in [0.1, 0.15) is 18.1 Å². The maximum Gasteiger partial charge on any atom is 0.101 e. The predicted molar refractivity (Wildman–Crippen MR) is 167 cm³/mol. The van der Waals surface area contributed by atoms with Crippen LogP contribution in [0, 0.1) is 11.3 Å². The first kappa shape index (κ1) is 25.5. The smallest absolute Gasteiger partial charge is 0.101 e. The molecule has 0 bridgehead atoms. The van der Waals surface area contributed by atoms with Gasteiger partial charge in [-0.1, -0.05) is 122 Å². The molecule has 0 aliphatic heterocycles. The zero-order valence-corrected chi connectivity index (χ0v) is 22.1. The van der Waals surface area contributed by atoms with Crippen LogP contribution in [-0.2, 0) is 6.42 Å². The van der Waals surface area contributed by atoms with Crippen molar-refractivity contribution in [1.29, 1.82) is 5.26 Å². The van der Waals surface area contributed by atoms with Gasteiger partial charge in [-0.3, -0.25) is 0 Å². The zero-order valence-electron chi connectivity index (χ0n) is 22.1. The fraction of sp³-hybridized carbons (Fsp3) is 0.0541. The van der Waals surface area contributed by atoms with Crippen molar-refractivity contribution in [2.75, 3.05) is 0 Å². The van der Waals surface area contributed by atoms with Gasteiger partial charge in [0.05, 0.1) is 11.3 Å². The molecule has 0 fully saturated rings. The first-order valence-corrected chi connectivity index (χ1v) is 13.1. The summed E-state index contributed by atoms with van der Waals surface area (Å²) in [6.45, 7) is 5.66. The van der Waals surface area contributed by atoms with Crippen molar-refractivity contribution in [2.45, 2.75) is 13.3 Å². The second-order valence-electron chi connectivity index (χ2n) is 9.43. The van der Waals surface area contributed by atoms with Crippen molar-refractivity contribution < 1.29 is 0 Å². The van der Waals surface area contributed by atoms with E-state index in [0.717, 1.165) is 23.1 Å². The van der Waals surface area contributed by atoms with Crippen molar-refractivity contribution >= 4 is 27.2 Å². The van der Waals surface area contributed by atoms with E-state index in [-0.39, 0.29) is 0 Å². The molecular formula is C37H30N2. The Hall–Kier alpha value is -5.13. The maximum atomic E-state index is 9.63. The Morgan fingerprint density at radius 1 is 0.795 bits per heavy atom. The fourth-order valence-electron chi connectivity index (χ4n) is 5.26. The number of benzene rings is 5. The number of hydrogen-bond acceptors (Lipinski definition) is 2. The minimum absolute atomic E-state index is 0.461. The van der Waals surface area contributed by atoms with Crippen molar-refractivity contribution in [3.63, 3.8) is 0 Å². The molecule has 39 heavy (non-hydrogen) atoms. The minimum Gasteiger partial charge on any atom is -0.397 e. The van der Waals surface area contributed by atoms with Crippen LogP contribution in [0.3, 0.4) is 0 Å². The van der Waals surface area contributed by atoms with Crippen LogP contribution < -0.4 is 5.73 Å². The fourth-order valence-corrected chi connectivity index (χ4v) is 5.26. The van der Waals surface area contributed by atoms with Crippen LogP contribution in [0.15, 0.2) is 140 Å². The number of allylic oxidation sites excluding steroid dienone is 6.